The molecule has 8 rings (SSSR count). The number of nitrogens with zero attached hydrogens (tertiary/aromatic N) is 5. The van der Waals surface area contributed by atoms with E-state index in [1.807, 2.05) is 44.2 Å². The second-order valence-corrected chi connectivity index (χ2v) is 23.5. The minimum Gasteiger partial charge on any atom is -0.448 e. The Bertz CT molecular complexity index is 3840. The number of alkyl halides is 1. The molecule has 2 aliphatic heterocycles. The van der Waals surface area contributed by atoms with Gasteiger partial charge in [0.25, 0.3) is 23.6 Å². The number of rotatable bonds is 29. The molecular formula is C66H75ClN12O14. The lowest BCUT2D eigenvalue weighted by Gasteiger charge is -2.26. The zero-order valence-electron chi connectivity index (χ0n) is 52.2. The van der Waals surface area contributed by atoms with Crippen LogP contribution in [0.1, 0.15) is 101 Å². The molecule has 4 heterocycles. The van der Waals surface area contributed by atoms with Gasteiger partial charge in [-0.05, 0) is 104 Å². The third-order valence-electron chi connectivity index (χ3n) is 15.9. The maximum absolute atomic E-state index is 14.7. The van der Waals surface area contributed by atoms with E-state index in [-0.39, 0.29) is 107 Å². The van der Waals surface area contributed by atoms with Crippen LogP contribution in [0.25, 0.3) is 21.8 Å². The molecule has 0 aliphatic carbocycles. The minimum absolute atomic E-state index is 0.0119. The molecule has 0 spiro atoms. The number of imide groups is 1. The number of alkyl carbamates (subject to hydrolysis) is 1. The topological polar surface area (TPSA) is 357 Å². The van der Waals surface area contributed by atoms with Gasteiger partial charge in [0.05, 0.1) is 30.2 Å². The van der Waals surface area contributed by atoms with E-state index >= 15 is 0 Å². The predicted molar refractivity (Wildman–Crippen MR) is 346 cm³/mol. The quantitative estimate of drug-likeness (QED) is 0.0133. The van der Waals surface area contributed by atoms with Crippen LogP contribution in [0.15, 0.2) is 103 Å². The fourth-order valence-electron chi connectivity index (χ4n) is 10.9. The van der Waals surface area contributed by atoms with E-state index in [4.69, 9.17) is 37.3 Å². The summed E-state index contributed by atoms with van der Waals surface area (Å²) in [7, 11) is 1.50. The second kappa shape index (κ2) is 31.6. The van der Waals surface area contributed by atoms with Gasteiger partial charge in [0.2, 0.25) is 11.8 Å². The number of aryl methyl sites for hydroxylation is 2. The lowest BCUT2D eigenvalue weighted by Crippen LogP contribution is -2.46. The first-order valence-electron chi connectivity index (χ1n) is 30.3. The normalized spacial score (nSPS) is 13.9. The molecule has 2 aromatic heterocycles. The molecule has 490 valence electrons. The molecule has 0 radical (unpaired) electrons. The summed E-state index contributed by atoms with van der Waals surface area (Å²) in [6.45, 7) is 6.98. The summed E-state index contributed by atoms with van der Waals surface area (Å²) < 4.78 is 17.1. The number of unbranched alkanes of at least 4 members (excludes halogenated alkanes) is 1. The molecule has 6 aromatic rings. The highest BCUT2D eigenvalue weighted by Gasteiger charge is 2.37. The highest BCUT2D eigenvalue weighted by molar-refractivity contribution is 6.20. The number of pyridine rings is 1. The third-order valence-corrected chi connectivity index (χ3v) is 16.3. The Balaban J connectivity index is 0.895. The molecule has 11 amide bonds. The van der Waals surface area contributed by atoms with Gasteiger partial charge >= 0.3 is 24.3 Å². The average molecular weight is 1300 g/mol. The van der Waals surface area contributed by atoms with Gasteiger partial charge in [-0.25, -0.2) is 24.2 Å². The van der Waals surface area contributed by atoms with Crippen molar-refractivity contribution >= 4 is 116 Å². The highest BCUT2D eigenvalue weighted by atomic mass is 35.5. The maximum atomic E-state index is 14.7. The number of carbonyl (C=O) groups excluding carboxylic acids is 11. The van der Waals surface area contributed by atoms with Crippen LogP contribution in [0.2, 0.25) is 0 Å². The molecule has 3 atom stereocenters. The Kier molecular flexibility index (Phi) is 23.3. The van der Waals surface area contributed by atoms with Crippen molar-refractivity contribution < 1.29 is 67.0 Å². The van der Waals surface area contributed by atoms with Crippen LogP contribution in [0.3, 0.4) is 0 Å². The van der Waals surface area contributed by atoms with Gasteiger partial charge < -0.3 is 66.6 Å². The molecule has 0 saturated carbocycles. The highest BCUT2D eigenvalue weighted by Crippen LogP contribution is 2.47. The fourth-order valence-corrected chi connectivity index (χ4v) is 11.1. The van der Waals surface area contributed by atoms with Gasteiger partial charge in [-0.1, -0.05) is 61.9 Å². The molecule has 93 heavy (non-hydrogen) atoms. The zero-order chi connectivity index (χ0) is 67.0. The molecule has 0 bridgehead atoms. The molecule has 2 aliphatic rings. The van der Waals surface area contributed by atoms with Crippen molar-refractivity contribution in [3.05, 3.63) is 137 Å². The number of carbonyl (C=O) groups is 11. The summed E-state index contributed by atoms with van der Waals surface area (Å²) in [5.41, 5.74) is 16.3. The van der Waals surface area contributed by atoms with Gasteiger partial charge in [0, 0.05) is 111 Å². The van der Waals surface area contributed by atoms with Gasteiger partial charge in [-0.3, -0.25) is 38.5 Å². The van der Waals surface area contributed by atoms with Crippen molar-refractivity contribution in [1.29, 1.82) is 0 Å². The van der Waals surface area contributed by atoms with Crippen molar-refractivity contribution in [3.63, 3.8) is 0 Å². The number of aromatic amines is 1. The van der Waals surface area contributed by atoms with Gasteiger partial charge in [-0.2, -0.15) is 0 Å². The Morgan fingerprint density at radius 3 is 2.25 bits per heavy atom. The summed E-state index contributed by atoms with van der Waals surface area (Å²) in [5.74, 6) is -4.61. The van der Waals surface area contributed by atoms with E-state index in [1.54, 1.807) is 73.3 Å². The van der Waals surface area contributed by atoms with Crippen LogP contribution in [-0.2, 0) is 40.1 Å². The number of anilines is 3. The lowest BCUT2D eigenvalue weighted by molar-refractivity contribution is -0.137. The zero-order valence-corrected chi connectivity index (χ0v) is 53.0. The van der Waals surface area contributed by atoms with Gasteiger partial charge in [0.15, 0.2) is 5.78 Å². The molecule has 27 heteroatoms. The number of ketones is 1. The SMILES string of the molecule is Cc1ccc(C(=O)Nc2cnc3[nH]c(C(=O)N4C[C@@H](CCl)c5c4cc(OC(=O)N(CCCCC(N)=O)CCN(C)C(=O)OCc4ccc(NC(=O)[C@H](CCCNC(N)=O)CC(=O)[C@@H](NC(=O)OCCN6C(=O)C=CC6=O)C(C)C)cc4)c4cccc(C)c54)cc3c2)cc1. The largest absolute Gasteiger partial charge is 0.448 e. The number of aromatic nitrogens is 2. The molecule has 4 aromatic carbocycles. The fraction of sp³-hybridized carbons (Fsp3) is 0.364. The van der Waals surface area contributed by atoms with Crippen LogP contribution < -0.4 is 42.4 Å². The number of likely N-dealkylation sites (N-methyl/N-ethyl adjacent to an activating group) is 1. The number of fused-ring (bicyclic) bond motifs is 4. The Morgan fingerprint density at radius 2 is 1.56 bits per heavy atom. The number of ether oxygens (including phenoxy) is 3. The minimum atomic E-state index is -1.07. The van der Waals surface area contributed by atoms with Crippen LogP contribution in [0.5, 0.6) is 5.75 Å². The van der Waals surface area contributed by atoms with E-state index < -0.39 is 77.5 Å². The third kappa shape index (κ3) is 18.0. The predicted octanol–water partition coefficient (Wildman–Crippen LogP) is 7.93. The number of hydrogen-bond acceptors (Lipinski definition) is 15. The number of Topliss-reactive ketones (excluding diaryl/α,β-unsaturated/α-hetero) is 1. The number of amides is 11. The summed E-state index contributed by atoms with van der Waals surface area (Å²) in [5, 5.41) is 12.6. The number of nitrogens with one attached hydrogen (secondary N) is 5. The summed E-state index contributed by atoms with van der Waals surface area (Å²) >= 11 is 6.67. The molecule has 0 unspecified atom stereocenters. The number of nitrogens with two attached hydrogens (primary N) is 2. The van der Waals surface area contributed by atoms with Gasteiger partial charge in [-0.15, -0.1) is 11.6 Å². The van der Waals surface area contributed by atoms with Crippen molar-refractivity contribution in [1.82, 2.24) is 35.3 Å². The number of urea groups is 1. The maximum Gasteiger partial charge on any atom is 0.415 e. The van der Waals surface area contributed by atoms with Crippen LogP contribution in [0, 0.1) is 25.7 Å². The first-order chi connectivity index (χ1) is 44.5. The number of hydrogen-bond donors (Lipinski definition) is 7. The first-order valence-corrected chi connectivity index (χ1v) is 30.9. The van der Waals surface area contributed by atoms with E-state index in [9.17, 15) is 52.7 Å². The average Bonchev–Trinajstić information content (AvgIpc) is 1.62. The number of halogens is 1. The van der Waals surface area contributed by atoms with Crippen LogP contribution in [0.4, 0.5) is 36.2 Å². The van der Waals surface area contributed by atoms with Crippen molar-refractivity contribution in [2.75, 3.05) is 74.3 Å². The summed E-state index contributed by atoms with van der Waals surface area (Å²) in [6.07, 6.45) is 2.19. The molecular weight excluding hydrogens is 1220 g/mol. The number of benzene rings is 4. The van der Waals surface area contributed by atoms with Crippen molar-refractivity contribution in [3.8, 4) is 5.75 Å². The number of H-pyrrole nitrogens is 1. The van der Waals surface area contributed by atoms with Crippen LogP contribution >= 0.6 is 11.6 Å². The Labute approximate surface area is 541 Å². The summed E-state index contributed by atoms with van der Waals surface area (Å²) in [4.78, 5) is 156. The monoisotopic (exact) mass is 1290 g/mol. The van der Waals surface area contributed by atoms with E-state index in [2.05, 4.69) is 31.2 Å². The second-order valence-electron chi connectivity index (χ2n) is 23.1. The molecule has 26 nitrogen and oxygen atoms in total. The smallest absolute Gasteiger partial charge is 0.415 e. The standard InChI is InChI=1S/C66H75ClN12O14/c1-38(2)58(75-64(88)91-29-28-78-54(82)22-23-55(78)83)51(80)32-43(11-9-24-70-63(69)87)61(85)72-46-20-16-41(17-21-46)37-92-65(89)76(5)26-27-77(25-7-6-13-53(68)81)66(90)93-52-33-50-57(56-40(4)10-8-12-48(52)56)45(34-67)36-79(50)62(86)49-31-44-30-47(35-71-59(44)74-49)73-60(84)42-18-14-39(3)15-19-42/h8,10,12,14-23,30-31,33,35,38,43,45,58H,6-7,9,11,13,24-29,32,34,36-37H2,1-5H3,(H2,68,81)(H,71,74)(H,72,85)(H,73,84)(H,75,88)(H3,69,70,87)/t43-,45-,58+/m1/s1. The van der Waals surface area contributed by atoms with Gasteiger partial charge in [0.1, 0.15) is 30.3 Å². The van der Waals surface area contributed by atoms with Crippen LogP contribution in [-0.4, -0.2) is 155 Å². The first kappa shape index (κ1) is 68.5. The van der Waals surface area contributed by atoms with E-state index in [1.165, 1.54) is 23.0 Å². The van der Waals surface area contributed by atoms with E-state index in [0.29, 0.717) is 57.5 Å². The van der Waals surface area contributed by atoms with Crippen molar-refractivity contribution in [2.45, 2.75) is 84.8 Å². The summed E-state index contributed by atoms with van der Waals surface area (Å²) in [6, 6.07) is 22.4. The molecule has 0 saturated heterocycles. The Morgan fingerprint density at radius 1 is 0.828 bits per heavy atom. The van der Waals surface area contributed by atoms with E-state index in [0.717, 1.165) is 39.1 Å². The number of primary amides is 2. The lowest BCUT2D eigenvalue weighted by atomic mass is 9.89. The molecule has 9 N–H and O–H groups in total. The Hall–Kier alpha value is -10.4. The molecule has 0 fully saturated rings. The van der Waals surface area contributed by atoms with Crippen molar-refractivity contribution in [2.24, 2.45) is 23.3 Å².